The van der Waals surface area contributed by atoms with Crippen LogP contribution in [0.1, 0.15) is 0 Å². The minimum absolute atomic E-state index is 0.509. The third-order valence-electron chi connectivity index (χ3n) is 12.4. The fourth-order valence-electron chi connectivity index (χ4n) is 9.72. The van der Waals surface area contributed by atoms with E-state index >= 15 is 0 Å². The van der Waals surface area contributed by atoms with E-state index in [4.69, 9.17) is 28.2 Å². The van der Waals surface area contributed by atoms with Crippen molar-refractivity contribution >= 4 is 98.4 Å². The summed E-state index contributed by atoms with van der Waals surface area (Å²) in [6, 6.07) is 62.7. The third-order valence-corrected chi connectivity index (χ3v) is 12.4. The van der Waals surface area contributed by atoms with Crippen molar-refractivity contribution < 1.29 is 13.3 Å². The second-order valence-corrected chi connectivity index (χ2v) is 15.9. The van der Waals surface area contributed by atoms with Crippen LogP contribution < -0.4 is 0 Å². The predicted molar refractivity (Wildman–Crippen MR) is 250 cm³/mol. The fourth-order valence-corrected chi connectivity index (χ4v) is 9.72. The van der Waals surface area contributed by atoms with Crippen LogP contribution in [0.3, 0.4) is 0 Å². The van der Waals surface area contributed by atoms with Crippen LogP contribution in [0.15, 0.2) is 195 Å². The summed E-state index contributed by atoms with van der Waals surface area (Å²) in [5.74, 6) is 1.57. The van der Waals surface area contributed by atoms with E-state index in [0.717, 1.165) is 99.2 Å². The van der Waals surface area contributed by atoms with Gasteiger partial charge in [0.2, 0.25) is 0 Å². The van der Waals surface area contributed by atoms with E-state index in [-0.39, 0.29) is 0 Å². The lowest BCUT2D eigenvalue weighted by Crippen LogP contribution is -2.02. The molecule has 0 aliphatic carbocycles. The maximum Gasteiger partial charge on any atom is 0.164 e. The zero-order chi connectivity index (χ0) is 40.5. The van der Waals surface area contributed by atoms with Crippen LogP contribution in [-0.2, 0) is 0 Å². The molecule has 0 unspecified atom stereocenters. The maximum atomic E-state index is 6.76. The molecule has 0 aliphatic rings. The Morgan fingerprint density at radius 2 is 0.806 bits per heavy atom. The number of aromatic nitrogens is 4. The van der Waals surface area contributed by atoms with Gasteiger partial charge in [0.05, 0.1) is 22.1 Å². The van der Waals surface area contributed by atoms with E-state index in [0.29, 0.717) is 17.5 Å². The summed E-state index contributed by atoms with van der Waals surface area (Å²) in [6.07, 6.45) is 0. The first-order chi connectivity index (χ1) is 30.7. The van der Waals surface area contributed by atoms with Crippen molar-refractivity contribution in [3.63, 3.8) is 0 Å². The molecule has 7 nitrogen and oxygen atoms in total. The number of furan rings is 3. The summed E-state index contributed by atoms with van der Waals surface area (Å²) >= 11 is 0. The normalized spacial score (nSPS) is 12.2. The van der Waals surface area contributed by atoms with Crippen molar-refractivity contribution in [3.8, 4) is 39.9 Å². The molecular formula is C55H30N4O3. The number of rotatable bonds is 4. The Bertz CT molecular complexity index is 4060. The van der Waals surface area contributed by atoms with Crippen molar-refractivity contribution in [3.05, 3.63) is 182 Å². The van der Waals surface area contributed by atoms with Crippen LogP contribution in [0.4, 0.5) is 0 Å². The molecule has 0 atom stereocenters. The number of fused-ring (bicyclic) bond motifs is 13. The maximum absolute atomic E-state index is 6.76. The van der Waals surface area contributed by atoms with E-state index in [1.165, 1.54) is 21.5 Å². The van der Waals surface area contributed by atoms with Gasteiger partial charge >= 0.3 is 0 Å². The molecule has 5 heterocycles. The Kier molecular flexibility index (Phi) is 6.71. The molecule has 0 saturated carbocycles. The predicted octanol–water partition coefficient (Wildman–Crippen LogP) is 14.8. The first kappa shape index (κ1) is 33.3. The molecule has 0 aliphatic heterocycles. The van der Waals surface area contributed by atoms with Gasteiger partial charge in [-0.3, -0.25) is 0 Å². The van der Waals surface area contributed by atoms with E-state index < -0.39 is 0 Å². The Morgan fingerprint density at radius 1 is 0.323 bits per heavy atom. The van der Waals surface area contributed by atoms with Gasteiger partial charge in [-0.1, -0.05) is 121 Å². The lowest BCUT2D eigenvalue weighted by molar-refractivity contribution is 0.668. The molecule has 288 valence electrons. The van der Waals surface area contributed by atoms with Crippen LogP contribution in [0.25, 0.3) is 138 Å². The van der Waals surface area contributed by atoms with Crippen LogP contribution in [0.2, 0.25) is 0 Å². The molecule has 14 rings (SSSR count). The van der Waals surface area contributed by atoms with E-state index in [1.54, 1.807) is 0 Å². The highest BCUT2D eigenvalue weighted by molar-refractivity contribution is 6.18. The molecule has 9 aromatic carbocycles. The zero-order valence-electron chi connectivity index (χ0n) is 32.8. The SMILES string of the molecule is c1ccc2cc3c(cc2c1)c1ccccc1n3-c1cc(-c2nc(-c3cccc4oc5ccccc5c34)nc(-c3cccc4oc5ccccc5c34)n2)cc2oc3ccccc3c12. The molecule has 0 radical (unpaired) electrons. The highest BCUT2D eigenvalue weighted by Crippen LogP contribution is 2.43. The van der Waals surface area contributed by atoms with Crippen molar-refractivity contribution in [2.24, 2.45) is 0 Å². The second kappa shape index (κ2) is 12.5. The van der Waals surface area contributed by atoms with Crippen LogP contribution in [-0.4, -0.2) is 19.5 Å². The van der Waals surface area contributed by atoms with Crippen molar-refractivity contribution in [1.82, 2.24) is 19.5 Å². The smallest absolute Gasteiger partial charge is 0.164 e. The molecule has 0 saturated heterocycles. The minimum atomic E-state index is 0.509. The van der Waals surface area contributed by atoms with Gasteiger partial charge in [-0.25, -0.2) is 15.0 Å². The lowest BCUT2D eigenvalue weighted by Gasteiger charge is -2.14. The summed E-state index contributed by atoms with van der Waals surface area (Å²) in [4.78, 5) is 16.1. The molecule has 0 spiro atoms. The standard InChI is InChI=1S/C55H30N4O3/c1-2-14-32-28-42-40(27-31(32)13-1)34-15-3-7-21-41(34)59(42)43-29-33(30-49-52(43)37-18-6-10-24-46(37)62-49)53-56-54(38-19-11-25-47-50(38)35-16-4-8-22-44(35)60-47)58-55(57-53)39-20-12-26-48-51(39)36-17-5-9-23-45(36)61-48/h1-30H. The van der Waals surface area contributed by atoms with Crippen LogP contribution in [0.5, 0.6) is 0 Å². The van der Waals surface area contributed by atoms with Gasteiger partial charge in [-0.15, -0.1) is 0 Å². The van der Waals surface area contributed by atoms with Crippen molar-refractivity contribution in [1.29, 1.82) is 0 Å². The lowest BCUT2D eigenvalue weighted by atomic mass is 10.0. The molecule has 0 fully saturated rings. The van der Waals surface area contributed by atoms with Crippen LogP contribution >= 0.6 is 0 Å². The Labute approximate surface area is 351 Å². The highest BCUT2D eigenvalue weighted by Gasteiger charge is 2.24. The summed E-state index contributed by atoms with van der Waals surface area (Å²) in [5, 5.41) is 10.6. The second-order valence-electron chi connectivity index (χ2n) is 15.9. The molecule has 62 heavy (non-hydrogen) atoms. The number of para-hydroxylation sites is 4. The van der Waals surface area contributed by atoms with Gasteiger partial charge < -0.3 is 17.8 Å². The molecule has 0 bridgehead atoms. The highest BCUT2D eigenvalue weighted by atomic mass is 16.3. The fraction of sp³-hybridized carbons (Fsp3) is 0. The molecule has 0 N–H and O–H groups in total. The Balaban J connectivity index is 1.11. The van der Waals surface area contributed by atoms with E-state index in [1.807, 2.05) is 72.8 Å². The molecule has 5 aromatic heterocycles. The van der Waals surface area contributed by atoms with Crippen molar-refractivity contribution in [2.45, 2.75) is 0 Å². The third kappa shape index (κ3) is 4.73. The van der Waals surface area contributed by atoms with Crippen molar-refractivity contribution in [2.75, 3.05) is 0 Å². The quantitative estimate of drug-likeness (QED) is 0.176. The summed E-state index contributed by atoms with van der Waals surface area (Å²) in [5.41, 5.74) is 10.3. The zero-order valence-corrected chi connectivity index (χ0v) is 32.8. The molecule has 0 amide bonds. The summed E-state index contributed by atoms with van der Waals surface area (Å²) < 4.78 is 21.9. The van der Waals surface area contributed by atoms with E-state index in [2.05, 4.69) is 114 Å². The first-order valence-electron chi connectivity index (χ1n) is 20.7. The number of benzene rings is 9. The monoisotopic (exact) mass is 794 g/mol. The first-order valence-corrected chi connectivity index (χ1v) is 20.7. The van der Waals surface area contributed by atoms with Gasteiger partial charge in [-0.2, -0.15) is 0 Å². The largest absolute Gasteiger partial charge is 0.456 e. The average Bonchev–Trinajstić information content (AvgIpc) is 4.09. The Hall–Kier alpha value is -8.55. The van der Waals surface area contributed by atoms with Crippen LogP contribution in [0, 0.1) is 0 Å². The number of hydrogen-bond acceptors (Lipinski definition) is 6. The van der Waals surface area contributed by atoms with Gasteiger partial charge in [-0.05, 0) is 71.4 Å². The molecule has 7 heteroatoms. The summed E-state index contributed by atoms with van der Waals surface area (Å²) in [6.45, 7) is 0. The molecule has 14 aromatic rings. The Morgan fingerprint density at radius 3 is 1.44 bits per heavy atom. The topological polar surface area (TPSA) is 83.0 Å². The minimum Gasteiger partial charge on any atom is -0.456 e. The van der Waals surface area contributed by atoms with Gasteiger partial charge in [0, 0.05) is 54.4 Å². The number of hydrogen-bond donors (Lipinski definition) is 0. The van der Waals surface area contributed by atoms with Gasteiger partial charge in [0.15, 0.2) is 17.5 Å². The van der Waals surface area contributed by atoms with E-state index in [9.17, 15) is 0 Å². The summed E-state index contributed by atoms with van der Waals surface area (Å²) in [7, 11) is 0. The number of nitrogens with zero attached hydrogens (tertiary/aromatic N) is 4. The average molecular weight is 795 g/mol. The molecular weight excluding hydrogens is 765 g/mol. The van der Waals surface area contributed by atoms with Gasteiger partial charge in [0.25, 0.3) is 0 Å². The van der Waals surface area contributed by atoms with Gasteiger partial charge in [0.1, 0.15) is 33.5 Å².